The highest BCUT2D eigenvalue weighted by Crippen LogP contribution is 2.45. The number of aliphatic hydroxyl groups is 1. The van der Waals surface area contributed by atoms with Crippen molar-refractivity contribution in [3.8, 4) is 0 Å². The van der Waals surface area contributed by atoms with E-state index in [1.807, 2.05) is 0 Å². The van der Waals surface area contributed by atoms with Gasteiger partial charge in [0.25, 0.3) is 5.91 Å². The van der Waals surface area contributed by atoms with Gasteiger partial charge in [0, 0.05) is 10.7 Å². The maximum Gasteiger partial charge on any atom is 0.337 e. The first-order valence-electron chi connectivity index (χ1n) is 9.76. The lowest BCUT2D eigenvalue weighted by Gasteiger charge is -2.27. The first-order valence-corrected chi connectivity index (χ1v) is 11.6. The van der Waals surface area contributed by atoms with Crippen molar-refractivity contribution in [2.45, 2.75) is 10.9 Å². The molecule has 0 radical (unpaired) electrons. The Bertz CT molecular complexity index is 1370. The van der Waals surface area contributed by atoms with Crippen molar-refractivity contribution in [3.05, 3.63) is 106 Å². The van der Waals surface area contributed by atoms with Crippen LogP contribution in [0, 0.1) is 0 Å². The van der Waals surface area contributed by atoms with Crippen molar-refractivity contribution in [3.63, 3.8) is 0 Å². The van der Waals surface area contributed by atoms with E-state index in [4.69, 9.17) is 16.3 Å². The number of methoxy groups -OCH3 is 1. The molecular formula is C24H18ClNO6S. The number of anilines is 1. The van der Waals surface area contributed by atoms with Crippen molar-refractivity contribution >= 4 is 39.0 Å². The van der Waals surface area contributed by atoms with Crippen LogP contribution in [0.3, 0.4) is 0 Å². The maximum atomic E-state index is 13.5. The number of hydrogen-bond acceptors (Lipinski definition) is 6. The lowest BCUT2D eigenvalue weighted by molar-refractivity contribution is -0.117. The molecule has 1 atom stereocenters. The van der Waals surface area contributed by atoms with E-state index >= 15 is 0 Å². The Morgan fingerprint density at radius 2 is 1.67 bits per heavy atom. The van der Waals surface area contributed by atoms with Gasteiger partial charge in [-0.3, -0.25) is 9.69 Å². The predicted molar refractivity (Wildman–Crippen MR) is 123 cm³/mol. The Labute approximate surface area is 195 Å². The van der Waals surface area contributed by atoms with Gasteiger partial charge in [-0.1, -0.05) is 48.0 Å². The number of sulfone groups is 1. The molecule has 1 aliphatic rings. The number of benzene rings is 3. The zero-order chi connectivity index (χ0) is 23.8. The average molecular weight is 484 g/mol. The third kappa shape index (κ3) is 3.99. The molecule has 1 N–H and O–H groups in total. The molecule has 0 unspecified atom stereocenters. The fourth-order valence-corrected chi connectivity index (χ4v) is 5.53. The van der Waals surface area contributed by atoms with Crippen LogP contribution in [0.5, 0.6) is 0 Å². The molecule has 0 saturated heterocycles. The molecule has 0 spiro atoms. The third-order valence-electron chi connectivity index (χ3n) is 5.24. The average Bonchev–Trinajstić information content (AvgIpc) is 3.10. The SMILES string of the molecule is COC(=O)c1ccc([C@@H]2C(S(=O)(=O)c3ccccc3)=C(O)C(=O)N2c2cccc(Cl)c2)cc1. The molecule has 168 valence electrons. The standard InChI is InChI=1S/C24H18ClNO6S/c1-32-24(29)16-12-10-15(11-13-16)20-22(33(30,31)19-8-3-2-4-9-19)21(27)23(28)26(20)18-7-5-6-17(25)14-18/h2-14,20,27H,1H3/t20-/m1/s1. The number of nitrogens with zero attached hydrogens (tertiary/aromatic N) is 1. The minimum absolute atomic E-state index is 0.0662. The van der Waals surface area contributed by atoms with Gasteiger partial charge in [0.2, 0.25) is 9.84 Å². The second-order valence-corrected chi connectivity index (χ2v) is 9.56. The molecule has 1 aliphatic heterocycles. The van der Waals surface area contributed by atoms with E-state index in [1.165, 1.54) is 54.5 Å². The molecule has 0 aromatic heterocycles. The van der Waals surface area contributed by atoms with Crippen LogP contribution in [0.4, 0.5) is 5.69 Å². The summed E-state index contributed by atoms with van der Waals surface area (Å²) in [6.45, 7) is 0. The van der Waals surface area contributed by atoms with E-state index in [0.717, 1.165) is 0 Å². The van der Waals surface area contributed by atoms with Crippen LogP contribution in [0.25, 0.3) is 0 Å². The van der Waals surface area contributed by atoms with Crippen molar-refractivity contribution in [2.75, 3.05) is 12.0 Å². The predicted octanol–water partition coefficient (Wildman–Crippen LogP) is 4.46. The Morgan fingerprint density at radius 3 is 2.27 bits per heavy atom. The summed E-state index contributed by atoms with van der Waals surface area (Å²) in [7, 11) is -3.01. The van der Waals surface area contributed by atoms with Gasteiger partial charge >= 0.3 is 5.97 Å². The summed E-state index contributed by atoms with van der Waals surface area (Å²) < 4.78 is 31.8. The van der Waals surface area contributed by atoms with Crippen LogP contribution < -0.4 is 4.90 Å². The molecule has 7 nitrogen and oxygen atoms in total. The van der Waals surface area contributed by atoms with Crippen LogP contribution in [-0.2, 0) is 19.4 Å². The van der Waals surface area contributed by atoms with Crippen molar-refractivity contribution < 1.29 is 27.9 Å². The van der Waals surface area contributed by atoms with Crippen LogP contribution in [0.2, 0.25) is 5.02 Å². The van der Waals surface area contributed by atoms with Crippen molar-refractivity contribution in [2.24, 2.45) is 0 Å². The molecule has 1 amide bonds. The third-order valence-corrected chi connectivity index (χ3v) is 7.36. The van der Waals surface area contributed by atoms with Crippen molar-refractivity contribution in [1.82, 2.24) is 0 Å². The molecule has 4 rings (SSSR count). The first-order chi connectivity index (χ1) is 15.8. The Morgan fingerprint density at radius 1 is 1.00 bits per heavy atom. The van der Waals surface area contributed by atoms with Crippen LogP contribution in [0.15, 0.2) is 94.4 Å². The highest BCUT2D eigenvalue weighted by atomic mass is 35.5. The molecule has 3 aromatic carbocycles. The quantitative estimate of drug-likeness (QED) is 0.538. The van der Waals surface area contributed by atoms with Gasteiger partial charge in [0.15, 0.2) is 5.76 Å². The van der Waals surface area contributed by atoms with E-state index in [2.05, 4.69) is 0 Å². The highest BCUT2D eigenvalue weighted by molar-refractivity contribution is 7.95. The van der Waals surface area contributed by atoms with E-state index in [0.29, 0.717) is 16.3 Å². The van der Waals surface area contributed by atoms with Gasteiger partial charge in [-0.25, -0.2) is 13.2 Å². The maximum absolute atomic E-state index is 13.5. The van der Waals surface area contributed by atoms with Gasteiger partial charge in [-0.15, -0.1) is 0 Å². The van der Waals surface area contributed by atoms with Gasteiger partial charge in [-0.2, -0.15) is 0 Å². The Hall–Kier alpha value is -3.62. The lowest BCUT2D eigenvalue weighted by Crippen LogP contribution is -2.31. The summed E-state index contributed by atoms with van der Waals surface area (Å²) >= 11 is 6.11. The summed E-state index contributed by atoms with van der Waals surface area (Å²) in [5.74, 6) is -2.32. The molecule has 3 aromatic rings. The van der Waals surface area contributed by atoms with E-state index in [-0.39, 0.29) is 10.5 Å². The Balaban J connectivity index is 1.92. The van der Waals surface area contributed by atoms with Gasteiger partial charge < -0.3 is 9.84 Å². The summed E-state index contributed by atoms with van der Waals surface area (Å²) in [5.41, 5.74) is 0.925. The molecule has 9 heteroatoms. The minimum atomic E-state index is -4.26. The van der Waals surface area contributed by atoms with E-state index < -0.39 is 38.4 Å². The minimum Gasteiger partial charge on any atom is -0.502 e. The zero-order valence-corrected chi connectivity index (χ0v) is 18.9. The van der Waals surface area contributed by atoms with Crippen LogP contribution in [-0.4, -0.2) is 32.5 Å². The first kappa shape index (κ1) is 22.6. The Kier molecular flexibility index (Phi) is 5.97. The number of esters is 1. The molecule has 0 saturated carbocycles. The van der Waals surface area contributed by atoms with Gasteiger partial charge in [0.1, 0.15) is 10.9 Å². The fraction of sp³-hybridized carbons (Fsp3) is 0.0833. The largest absolute Gasteiger partial charge is 0.502 e. The monoisotopic (exact) mass is 483 g/mol. The molecule has 0 bridgehead atoms. The smallest absolute Gasteiger partial charge is 0.337 e. The number of aliphatic hydroxyl groups excluding tert-OH is 1. The molecule has 33 heavy (non-hydrogen) atoms. The normalized spacial score (nSPS) is 16.2. The number of ether oxygens (including phenoxy) is 1. The zero-order valence-electron chi connectivity index (χ0n) is 17.3. The van der Waals surface area contributed by atoms with Crippen molar-refractivity contribution in [1.29, 1.82) is 0 Å². The fourth-order valence-electron chi connectivity index (χ4n) is 3.70. The summed E-state index contributed by atoms with van der Waals surface area (Å²) in [6, 6.07) is 18.6. The second-order valence-electron chi connectivity index (χ2n) is 7.20. The number of halogens is 1. The van der Waals surface area contributed by atoms with Crippen LogP contribution in [0.1, 0.15) is 22.0 Å². The van der Waals surface area contributed by atoms with Crippen LogP contribution >= 0.6 is 11.6 Å². The number of amides is 1. The molecule has 1 heterocycles. The summed E-state index contributed by atoms with van der Waals surface area (Å²) in [5, 5.41) is 11.1. The number of carbonyl (C=O) groups excluding carboxylic acids is 2. The molecular weight excluding hydrogens is 466 g/mol. The molecule has 0 fully saturated rings. The lowest BCUT2D eigenvalue weighted by atomic mass is 10.0. The number of carbonyl (C=O) groups is 2. The summed E-state index contributed by atoms with van der Waals surface area (Å²) in [6.07, 6.45) is 0. The van der Waals surface area contributed by atoms with E-state index in [9.17, 15) is 23.1 Å². The van der Waals surface area contributed by atoms with E-state index in [1.54, 1.807) is 36.4 Å². The summed E-state index contributed by atoms with van der Waals surface area (Å²) in [4.78, 5) is 25.6. The highest BCUT2D eigenvalue weighted by Gasteiger charge is 2.47. The number of hydrogen-bond donors (Lipinski definition) is 1. The number of rotatable bonds is 5. The topological polar surface area (TPSA) is 101 Å². The van der Waals surface area contributed by atoms with Gasteiger partial charge in [0.05, 0.1) is 17.6 Å². The molecule has 0 aliphatic carbocycles. The van der Waals surface area contributed by atoms with Gasteiger partial charge in [-0.05, 0) is 48.0 Å². The second kappa shape index (κ2) is 8.73.